The van der Waals surface area contributed by atoms with Crippen LogP contribution in [-0.4, -0.2) is 12.8 Å². The van der Waals surface area contributed by atoms with Crippen molar-refractivity contribution in [2.24, 2.45) is 0 Å². The predicted molar refractivity (Wildman–Crippen MR) is 73.5 cm³/mol. The van der Waals surface area contributed by atoms with Gasteiger partial charge in [-0.15, -0.1) is 22.7 Å². The van der Waals surface area contributed by atoms with E-state index in [9.17, 15) is 4.79 Å². The van der Waals surface area contributed by atoms with E-state index in [1.54, 1.807) is 11.3 Å². The average molecular weight is 263 g/mol. The molecule has 4 heteroatoms. The molecule has 0 aromatic carbocycles. The van der Waals surface area contributed by atoms with Crippen LogP contribution in [0.25, 0.3) is 0 Å². The molecular weight excluding hydrogens is 250 g/mol. The number of carbonyl (C=O) groups excluding carboxylic acids is 1. The van der Waals surface area contributed by atoms with Crippen LogP contribution in [0.15, 0.2) is 23.6 Å². The summed E-state index contributed by atoms with van der Waals surface area (Å²) < 4.78 is 0. The summed E-state index contributed by atoms with van der Waals surface area (Å²) in [5.41, 5.74) is 1.45. The summed E-state index contributed by atoms with van der Waals surface area (Å²) in [6, 6.07) is 6.61. The molecule has 0 N–H and O–H groups in total. The number of hydrogen-bond donors (Lipinski definition) is 0. The molecule has 1 atom stereocenters. The Hall–Kier alpha value is -1.13. The molecule has 2 aromatic heterocycles. The number of rotatable bonds is 2. The van der Waals surface area contributed by atoms with Gasteiger partial charge in [0.15, 0.2) is 6.29 Å². The zero-order valence-corrected chi connectivity index (χ0v) is 11.2. The van der Waals surface area contributed by atoms with Crippen molar-refractivity contribution in [3.63, 3.8) is 0 Å². The third-order valence-electron chi connectivity index (χ3n) is 3.29. The minimum Gasteiger partial charge on any atom is -0.356 e. The highest BCUT2D eigenvalue weighted by Gasteiger charge is 2.25. The molecule has 0 spiro atoms. The standard InChI is InChI=1S/C13H13NOS2/c1-9-11-5-7-16-12(11)4-6-14(9)13-3-2-10(8-15)17-13/h2-3,5,7-9H,4,6H2,1H3. The number of nitrogens with zero attached hydrogens (tertiary/aromatic N) is 1. The van der Waals surface area contributed by atoms with Crippen LogP contribution in [0.4, 0.5) is 5.00 Å². The van der Waals surface area contributed by atoms with Gasteiger partial charge in [0.2, 0.25) is 0 Å². The number of anilines is 1. The van der Waals surface area contributed by atoms with Gasteiger partial charge in [0, 0.05) is 11.4 Å². The van der Waals surface area contributed by atoms with Gasteiger partial charge in [-0.3, -0.25) is 4.79 Å². The number of aldehydes is 1. The second-order valence-electron chi connectivity index (χ2n) is 4.21. The third kappa shape index (κ3) is 1.81. The van der Waals surface area contributed by atoms with Gasteiger partial charge in [0.25, 0.3) is 0 Å². The Morgan fingerprint density at radius 1 is 1.41 bits per heavy atom. The molecule has 0 bridgehead atoms. The maximum Gasteiger partial charge on any atom is 0.160 e. The third-order valence-corrected chi connectivity index (χ3v) is 5.33. The van der Waals surface area contributed by atoms with E-state index in [2.05, 4.69) is 29.3 Å². The first-order valence-corrected chi connectivity index (χ1v) is 7.37. The number of thiophene rings is 2. The Bertz CT molecular complexity index is 543. The van der Waals surface area contributed by atoms with Crippen molar-refractivity contribution in [1.29, 1.82) is 0 Å². The van der Waals surface area contributed by atoms with Gasteiger partial charge in [-0.05, 0) is 42.5 Å². The SMILES string of the molecule is CC1c2ccsc2CCN1c1ccc(C=O)s1. The first-order chi connectivity index (χ1) is 8.29. The minimum atomic E-state index is 0.420. The van der Waals surface area contributed by atoms with Gasteiger partial charge < -0.3 is 4.90 Å². The van der Waals surface area contributed by atoms with Crippen molar-refractivity contribution in [1.82, 2.24) is 0 Å². The quantitative estimate of drug-likeness (QED) is 0.769. The normalized spacial score (nSPS) is 19.1. The van der Waals surface area contributed by atoms with Crippen LogP contribution in [-0.2, 0) is 6.42 Å². The fourth-order valence-electron chi connectivity index (χ4n) is 2.37. The molecule has 88 valence electrons. The van der Waals surface area contributed by atoms with Crippen LogP contribution in [0.5, 0.6) is 0 Å². The molecule has 0 radical (unpaired) electrons. The number of carbonyl (C=O) groups is 1. The van der Waals surface area contributed by atoms with E-state index in [4.69, 9.17) is 0 Å². The first-order valence-electron chi connectivity index (χ1n) is 5.67. The molecule has 0 saturated heterocycles. The lowest BCUT2D eigenvalue weighted by Crippen LogP contribution is -2.32. The van der Waals surface area contributed by atoms with Crippen molar-refractivity contribution in [3.05, 3.63) is 38.9 Å². The zero-order chi connectivity index (χ0) is 11.8. The second kappa shape index (κ2) is 4.27. The highest BCUT2D eigenvalue weighted by Crippen LogP contribution is 2.38. The van der Waals surface area contributed by atoms with Gasteiger partial charge in [-0.1, -0.05) is 0 Å². The van der Waals surface area contributed by atoms with Crippen LogP contribution >= 0.6 is 22.7 Å². The zero-order valence-electron chi connectivity index (χ0n) is 9.55. The lowest BCUT2D eigenvalue weighted by atomic mass is 10.0. The van der Waals surface area contributed by atoms with Crippen molar-refractivity contribution in [3.8, 4) is 0 Å². The molecule has 3 rings (SSSR count). The van der Waals surface area contributed by atoms with E-state index in [1.165, 1.54) is 15.4 Å². The van der Waals surface area contributed by atoms with Crippen molar-refractivity contribution in [2.45, 2.75) is 19.4 Å². The van der Waals surface area contributed by atoms with E-state index in [1.807, 2.05) is 17.4 Å². The predicted octanol–water partition coefficient (Wildman–Crippen LogP) is 3.75. The molecule has 2 nitrogen and oxygen atoms in total. The summed E-state index contributed by atoms with van der Waals surface area (Å²) >= 11 is 3.44. The summed E-state index contributed by atoms with van der Waals surface area (Å²) in [5, 5.41) is 3.38. The molecule has 0 saturated carbocycles. The van der Waals surface area contributed by atoms with E-state index in [-0.39, 0.29) is 0 Å². The Balaban J connectivity index is 1.93. The molecule has 2 aromatic rings. The fourth-order valence-corrected chi connectivity index (χ4v) is 4.26. The average Bonchev–Trinajstić information content (AvgIpc) is 2.97. The molecule has 17 heavy (non-hydrogen) atoms. The van der Waals surface area contributed by atoms with Gasteiger partial charge >= 0.3 is 0 Å². The molecule has 1 aliphatic heterocycles. The second-order valence-corrected chi connectivity index (χ2v) is 6.31. The molecular formula is C13H13NOS2. The number of hydrogen-bond acceptors (Lipinski definition) is 4. The van der Waals surface area contributed by atoms with Gasteiger partial charge in [0.1, 0.15) is 0 Å². The molecule has 1 aliphatic rings. The Morgan fingerprint density at radius 3 is 3.06 bits per heavy atom. The molecule has 0 amide bonds. The van der Waals surface area contributed by atoms with Crippen molar-refractivity contribution >= 4 is 34.0 Å². The van der Waals surface area contributed by atoms with Crippen LogP contribution < -0.4 is 4.90 Å². The smallest absolute Gasteiger partial charge is 0.160 e. The highest BCUT2D eigenvalue weighted by atomic mass is 32.1. The summed E-state index contributed by atoms with van der Waals surface area (Å²) in [7, 11) is 0. The van der Waals surface area contributed by atoms with Gasteiger partial charge in [-0.25, -0.2) is 0 Å². The lowest BCUT2D eigenvalue weighted by Gasteiger charge is -2.34. The lowest BCUT2D eigenvalue weighted by molar-refractivity contribution is 0.112. The molecule has 0 fully saturated rings. The Kier molecular flexibility index (Phi) is 2.76. The Morgan fingerprint density at radius 2 is 2.29 bits per heavy atom. The van der Waals surface area contributed by atoms with Crippen LogP contribution in [0, 0.1) is 0 Å². The highest BCUT2D eigenvalue weighted by molar-refractivity contribution is 7.17. The van der Waals surface area contributed by atoms with Crippen LogP contribution in [0.1, 0.15) is 33.1 Å². The summed E-state index contributed by atoms with van der Waals surface area (Å²) in [6.45, 7) is 3.29. The van der Waals surface area contributed by atoms with E-state index in [0.29, 0.717) is 6.04 Å². The molecule has 0 aliphatic carbocycles. The first kappa shape index (κ1) is 11.0. The van der Waals surface area contributed by atoms with Crippen LogP contribution in [0.3, 0.4) is 0 Å². The van der Waals surface area contributed by atoms with Crippen molar-refractivity contribution < 1.29 is 4.79 Å². The minimum absolute atomic E-state index is 0.420. The van der Waals surface area contributed by atoms with E-state index in [0.717, 1.165) is 24.1 Å². The monoisotopic (exact) mass is 263 g/mol. The topological polar surface area (TPSA) is 20.3 Å². The number of fused-ring (bicyclic) bond motifs is 1. The van der Waals surface area contributed by atoms with E-state index >= 15 is 0 Å². The summed E-state index contributed by atoms with van der Waals surface area (Å²) in [5.74, 6) is 0. The Labute approximate surface area is 109 Å². The van der Waals surface area contributed by atoms with Gasteiger partial charge in [0.05, 0.1) is 15.9 Å². The van der Waals surface area contributed by atoms with Crippen molar-refractivity contribution in [2.75, 3.05) is 11.4 Å². The van der Waals surface area contributed by atoms with E-state index < -0.39 is 0 Å². The summed E-state index contributed by atoms with van der Waals surface area (Å²) in [6.07, 6.45) is 2.05. The van der Waals surface area contributed by atoms with Gasteiger partial charge in [-0.2, -0.15) is 0 Å². The van der Waals surface area contributed by atoms with Crippen LogP contribution in [0.2, 0.25) is 0 Å². The summed E-state index contributed by atoms with van der Waals surface area (Å²) in [4.78, 5) is 15.5. The largest absolute Gasteiger partial charge is 0.356 e. The maximum atomic E-state index is 10.7. The molecule has 1 unspecified atom stereocenters. The molecule has 3 heterocycles. The fraction of sp³-hybridized carbons (Fsp3) is 0.308. The maximum absolute atomic E-state index is 10.7.